The highest BCUT2D eigenvalue weighted by atomic mass is 32.1. The van der Waals surface area contributed by atoms with Crippen LogP contribution in [-0.2, 0) is 17.4 Å². The van der Waals surface area contributed by atoms with Gasteiger partial charge in [-0.05, 0) is 75.3 Å². The second kappa shape index (κ2) is 12.0. The van der Waals surface area contributed by atoms with Crippen molar-refractivity contribution in [3.63, 3.8) is 0 Å². The van der Waals surface area contributed by atoms with Crippen LogP contribution in [0, 0.1) is 0 Å². The molecule has 0 aliphatic carbocycles. The highest BCUT2D eigenvalue weighted by Crippen LogP contribution is 2.37. The van der Waals surface area contributed by atoms with Crippen molar-refractivity contribution >= 4 is 24.7 Å². The summed E-state index contributed by atoms with van der Waals surface area (Å²) in [5.41, 5.74) is 6.68. The Morgan fingerprint density at radius 2 is 1.78 bits per heavy atom. The summed E-state index contributed by atoms with van der Waals surface area (Å²) in [7, 11) is -0.814. The van der Waals surface area contributed by atoms with Crippen molar-refractivity contribution in [2.75, 3.05) is 20.4 Å². The van der Waals surface area contributed by atoms with Gasteiger partial charge in [0.1, 0.15) is 0 Å². The lowest BCUT2D eigenvalue weighted by molar-refractivity contribution is 0.0983. The van der Waals surface area contributed by atoms with Crippen LogP contribution in [0.1, 0.15) is 59.1 Å². The molecule has 32 heavy (non-hydrogen) atoms. The van der Waals surface area contributed by atoms with E-state index in [1.165, 1.54) is 11.3 Å². The first kappa shape index (κ1) is 26.6. The Hall–Kier alpha value is -1.70. The summed E-state index contributed by atoms with van der Waals surface area (Å²) in [4.78, 5) is 32.4. The van der Waals surface area contributed by atoms with Gasteiger partial charge in [0.05, 0.1) is 25.3 Å². The van der Waals surface area contributed by atoms with Crippen LogP contribution in [-0.4, -0.2) is 41.5 Å². The van der Waals surface area contributed by atoms with Crippen LogP contribution in [0.2, 0.25) is 0 Å². The molecular formula is C23H34NO6PS. The van der Waals surface area contributed by atoms with Gasteiger partial charge in [-0.25, -0.2) is 0 Å². The second-order valence-electron chi connectivity index (χ2n) is 8.38. The maximum atomic E-state index is 12.5. The van der Waals surface area contributed by atoms with Crippen molar-refractivity contribution in [2.45, 2.75) is 57.4 Å². The minimum absolute atomic E-state index is 0.144. The molecule has 0 saturated carbocycles. The number of methoxy groups -OCH3 is 2. The van der Waals surface area contributed by atoms with Gasteiger partial charge in [0.15, 0.2) is 17.3 Å². The van der Waals surface area contributed by atoms with Crippen LogP contribution >= 0.6 is 18.9 Å². The Kier molecular flexibility index (Phi) is 9.92. The van der Waals surface area contributed by atoms with E-state index in [0.29, 0.717) is 30.8 Å². The van der Waals surface area contributed by atoms with Gasteiger partial charge in [-0.1, -0.05) is 6.07 Å². The van der Waals surface area contributed by atoms with E-state index in [1.54, 1.807) is 21.1 Å². The topological polar surface area (TPSA) is 119 Å². The van der Waals surface area contributed by atoms with Crippen LogP contribution < -0.4 is 15.2 Å². The lowest BCUT2D eigenvalue weighted by atomic mass is 9.94. The smallest absolute Gasteiger partial charge is 0.325 e. The molecule has 0 aliphatic rings. The quantitative estimate of drug-likeness (QED) is 0.204. The van der Waals surface area contributed by atoms with Gasteiger partial charge in [0, 0.05) is 16.8 Å². The van der Waals surface area contributed by atoms with Crippen LogP contribution in [0.25, 0.3) is 0 Å². The maximum Gasteiger partial charge on any atom is 0.325 e. The number of rotatable bonds is 14. The first-order valence-electron chi connectivity index (χ1n) is 10.7. The zero-order valence-corrected chi connectivity index (χ0v) is 20.7. The number of hydrogen-bond acceptors (Lipinski definition) is 6. The average molecular weight is 484 g/mol. The van der Waals surface area contributed by atoms with Gasteiger partial charge in [-0.3, -0.25) is 9.36 Å². The lowest BCUT2D eigenvalue weighted by Crippen LogP contribution is -2.37. The number of ketones is 1. The highest BCUT2D eigenvalue weighted by molar-refractivity contribution is 7.51. The summed E-state index contributed by atoms with van der Waals surface area (Å²) in [6.07, 6.45) is 4.43. The molecule has 0 radical (unpaired) electrons. The number of Topliss-reactive ketones (excluding diaryl/α,β-unsaturated/α-hetero) is 1. The molecule has 0 aliphatic heterocycles. The summed E-state index contributed by atoms with van der Waals surface area (Å²) in [6, 6.07) is 9.68. The van der Waals surface area contributed by atoms with Gasteiger partial charge in [-0.15, -0.1) is 11.3 Å². The van der Waals surface area contributed by atoms with Crippen molar-refractivity contribution < 1.29 is 28.6 Å². The molecule has 1 aromatic carbocycles. The van der Waals surface area contributed by atoms with Crippen molar-refractivity contribution in [1.29, 1.82) is 0 Å². The number of unbranched alkanes of at least 4 members (excludes halogenated alkanes) is 1. The van der Waals surface area contributed by atoms with Gasteiger partial charge in [0.2, 0.25) is 0 Å². The van der Waals surface area contributed by atoms with E-state index in [2.05, 4.69) is 0 Å². The predicted molar refractivity (Wildman–Crippen MR) is 128 cm³/mol. The van der Waals surface area contributed by atoms with Crippen LogP contribution in [0.5, 0.6) is 11.5 Å². The lowest BCUT2D eigenvalue weighted by Gasteiger charge is -2.24. The molecule has 9 heteroatoms. The van der Waals surface area contributed by atoms with Crippen LogP contribution in [0.15, 0.2) is 30.3 Å². The van der Waals surface area contributed by atoms with Gasteiger partial charge in [0.25, 0.3) is 0 Å². The molecule has 178 valence electrons. The highest BCUT2D eigenvalue weighted by Gasteiger charge is 2.24. The predicted octanol–water partition coefficient (Wildman–Crippen LogP) is 4.58. The number of benzene rings is 1. The summed E-state index contributed by atoms with van der Waals surface area (Å²) in [5.74, 6) is 1.56. The van der Waals surface area contributed by atoms with E-state index < -0.39 is 13.1 Å². The normalized spacial score (nSPS) is 13.6. The third-order valence-corrected chi connectivity index (χ3v) is 7.41. The van der Waals surface area contributed by atoms with Crippen molar-refractivity contribution in [3.8, 4) is 11.5 Å². The molecule has 4 N–H and O–H groups in total. The SMILES string of the molecule is COc1ccc(CCCCC(=O)c2ccc(CCC(C)(N)CCP(=O)(O)O)s2)cc1OC. The van der Waals surface area contributed by atoms with Gasteiger partial charge in [-0.2, -0.15) is 0 Å². The summed E-state index contributed by atoms with van der Waals surface area (Å²) in [6.45, 7) is 1.81. The molecule has 7 nitrogen and oxygen atoms in total. The number of nitrogens with two attached hydrogens (primary N) is 1. The number of carbonyl (C=O) groups excluding carboxylic acids is 1. The Balaban J connectivity index is 1.76. The Morgan fingerprint density at radius 3 is 2.44 bits per heavy atom. The molecule has 1 atom stereocenters. The Bertz CT molecular complexity index is 936. The van der Waals surface area contributed by atoms with E-state index in [9.17, 15) is 9.36 Å². The fraction of sp³-hybridized carbons (Fsp3) is 0.522. The summed E-state index contributed by atoms with van der Waals surface area (Å²) < 4.78 is 21.7. The van der Waals surface area contributed by atoms with E-state index >= 15 is 0 Å². The molecule has 0 amide bonds. The second-order valence-corrected chi connectivity index (χ2v) is 11.3. The van der Waals surface area contributed by atoms with Crippen LogP contribution in [0.3, 0.4) is 0 Å². The minimum atomic E-state index is -4.04. The fourth-order valence-electron chi connectivity index (χ4n) is 3.37. The molecule has 1 unspecified atom stereocenters. The molecule has 0 saturated heterocycles. The summed E-state index contributed by atoms with van der Waals surface area (Å²) >= 11 is 1.48. The minimum Gasteiger partial charge on any atom is -0.493 e. The maximum absolute atomic E-state index is 12.5. The average Bonchev–Trinajstić information content (AvgIpc) is 3.22. The van der Waals surface area contributed by atoms with Crippen molar-refractivity contribution in [1.82, 2.24) is 0 Å². The molecule has 2 aromatic rings. The molecule has 0 fully saturated rings. The number of aryl methyl sites for hydroxylation is 2. The van der Waals surface area contributed by atoms with E-state index in [1.807, 2.05) is 30.3 Å². The van der Waals surface area contributed by atoms with Crippen LogP contribution in [0.4, 0.5) is 0 Å². The standard InChI is InChI=1S/C23H34NO6PS/c1-23(24,14-15-31(26,27)28)13-12-18-9-11-22(32-18)19(25)7-5-4-6-17-8-10-20(29-2)21(16-17)30-3/h8-11,16H,4-7,12-15,24H2,1-3H3,(H2,26,27,28). The molecule has 1 heterocycles. The number of carbonyl (C=O) groups is 1. The van der Waals surface area contributed by atoms with Gasteiger partial charge >= 0.3 is 7.60 Å². The third-order valence-electron chi connectivity index (χ3n) is 5.42. The number of hydrogen-bond donors (Lipinski definition) is 3. The van der Waals surface area contributed by atoms with Gasteiger partial charge < -0.3 is 25.0 Å². The zero-order chi connectivity index (χ0) is 23.8. The zero-order valence-electron chi connectivity index (χ0n) is 19.0. The largest absolute Gasteiger partial charge is 0.493 e. The molecule has 1 aromatic heterocycles. The third kappa shape index (κ3) is 9.04. The Labute approximate surface area is 194 Å². The first-order chi connectivity index (χ1) is 15.0. The molecule has 0 bridgehead atoms. The first-order valence-corrected chi connectivity index (χ1v) is 13.3. The number of ether oxygens (including phenoxy) is 2. The monoisotopic (exact) mass is 483 g/mol. The van der Waals surface area contributed by atoms with E-state index in [0.717, 1.165) is 34.6 Å². The van der Waals surface area contributed by atoms with E-state index in [4.69, 9.17) is 25.0 Å². The van der Waals surface area contributed by atoms with E-state index in [-0.39, 0.29) is 18.4 Å². The Morgan fingerprint density at radius 1 is 1.06 bits per heavy atom. The molecule has 2 rings (SSSR count). The fourth-order valence-corrected chi connectivity index (χ4v) is 5.15. The molecular weight excluding hydrogens is 449 g/mol. The molecule has 0 spiro atoms. The number of thiophene rings is 1. The van der Waals surface area contributed by atoms with Crippen molar-refractivity contribution in [3.05, 3.63) is 45.6 Å². The summed E-state index contributed by atoms with van der Waals surface area (Å²) in [5, 5.41) is 0. The van der Waals surface area contributed by atoms with Crippen molar-refractivity contribution in [2.24, 2.45) is 5.73 Å².